The second-order valence-corrected chi connectivity index (χ2v) is 6.43. The molecular formula is C19H18F5N2O2+. The maximum absolute atomic E-state index is 13.8. The largest absolute Gasteiger partial charge is 0.370 e. The maximum atomic E-state index is 13.8. The number of hydrogen-bond acceptors (Lipinski definition) is 2. The van der Waals surface area contributed by atoms with Crippen molar-refractivity contribution in [2.24, 2.45) is 0 Å². The van der Waals surface area contributed by atoms with Crippen LogP contribution in [0.2, 0.25) is 0 Å². The molecule has 150 valence electrons. The predicted molar refractivity (Wildman–Crippen MR) is 89.3 cm³/mol. The average Bonchev–Trinajstić information content (AvgIpc) is 2.71. The van der Waals surface area contributed by atoms with Crippen molar-refractivity contribution in [3.8, 4) is 0 Å². The molecule has 9 heteroatoms. The summed E-state index contributed by atoms with van der Waals surface area (Å²) in [6, 6.07) is 5.73. The molecule has 2 aromatic rings. The van der Waals surface area contributed by atoms with Gasteiger partial charge in [0, 0.05) is 5.56 Å². The van der Waals surface area contributed by atoms with E-state index in [1.807, 2.05) is 0 Å². The lowest BCUT2D eigenvalue weighted by Gasteiger charge is -2.32. The fourth-order valence-electron chi connectivity index (χ4n) is 3.20. The minimum Gasteiger partial charge on any atom is -0.370 e. The maximum Gasteiger partial charge on any atom is 0.254 e. The van der Waals surface area contributed by atoms with Crippen LogP contribution in [0.3, 0.4) is 0 Å². The summed E-state index contributed by atoms with van der Waals surface area (Å²) in [7, 11) is 0. The molecule has 0 aliphatic carbocycles. The van der Waals surface area contributed by atoms with Gasteiger partial charge in [-0.1, -0.05) is 12.1 Å². The lowest BCUT2D eigenvalue weighted by atomic mass is 10.0. The standard InChI is InChI=1S/C19H17F5N2O2/c20-12-3-1-11(2-4-12)15(26-5-7-28-8-6-26)10-25-19(27)13-9-14(21)17(23)18(24)16(13)22/h1-4,9,15H,5-8,10H2,(H,25,27)/p+1/t15-/m1/s1. The van der Waals surface area contributed by atoms with Gasteiger partial charge in [0.1, 0.15) is 24.9 Å². The highest BCUT2D eigenvalue weighted by molar-refractivity contribution is 5.94. The molecule has 2 aromatic carbocycles. The Hall–Kier alpha value is -2.52. The van der Waals surface area contributed by atoms with Crippen LogP contribution in [-0.2, 0) is 4.74 Å². The molecule has 4 nitrogen and oxygen atoms in total. The molecule has 1 aliphatic heterocycles. The molecule has 0 radical (unpaired) electrons. The Morgan fingerprint density at radius 3 is 2.29 bits per heavy atom. The molecule has 1 saturated heterocycles. The molecule has 2 N–H and O–H groups in total. The van der Waals surface area contributed by atoms with Crippen molar-refractivity contribution >= 4 is 5.91 Å². The van der Waals surface area contributed by atoms with Crippen LogP contribution in [0.1, 0.15) is 22.0 Å². The van der Waals surface area contributed by atoms with E-state index in [1.165, 1.54) is 12.1 Å². The van der Waals surface area contributed by atoms with Crippen LogP contribution in [0.15, 0.2) is 30.3 Å². The Morgan fingerprint density at radius 1 is 1.00 bits per heavy atom. The third-order valence-electron chi connectivity index (χ3n) is 4.71. The number of carbonyl (C=O) groups excluding carboxylic acids is 1. The molecule has 0 bridgehead atoms. The van der Waals surface area contributed by atoms with Gasteiger partial charge in [-0.2, -0.15) is 0 Å². The highest BCUT2D eigenvalue weighted by Crippen LogP contribution is 2.19. The SMILES string of the molecule is O=C(NC[C@H](c1ccc(F)cc1)[NH+]1CCOCC1)c1cc(F)c(F)c(F)c1F. The Labute approximate surface area is 157 Å². The molecule has 0 spiro atoms. The minimum atomic E-state index is -2.04. The number of amides is 1. The van der Waals surface area contributed by atoms with Gasteiger partial charge in [-0.25, -0.2) is 22.0 Å². The number of hydrogen-bond donors (Lipinski definition) is 2. The van der Waals surface area contributed by atoms with Crippen molar-refractivity contribution < 1.29 is 36.4 Å². The molecule has 1 heterocycles. The molecule has 1 aliphatic rings. The third kappa shape index (κ3) is 4.31. The Morgan fingerprint density at radius 2 is 1.64 bits per heavy atom. The normalized spacial score (nSPS) is 16.0. The highest BCUT2D eigenvalue weighted by Gasteiger charge is 2.28. The van der Waals surface area contributed by atoms with Crippen molar-refractivity contribution in [3.63, 3.8) is 0 Å². The van der Waals surface area contributed by atoms with Gasteiger partial charge in [-0.05, 0) is 18.2 Å². The first kappa shape index (κ1) is 20.2. The van der Waals surface area contributed by atoms with Crippen molar-refractivity contribution in [1.82, 2.24) is 5.32 Å². The number of carbonyl (C=O) groups is 1. The van der Waals surface area contributed by atoms with E-state index in [0.29, 0.717) is 32.4 Å². The molecule has 3 rings (SSSR count). The van der Waals surface area contributed by atoms with Crippen molar-refractivity contribution in [2.45, 2.75) is 6.04 Å². The Kier molecular flexibility index (Phi) is 6.25. The number of ether oxygens (including phenoxy) is 1. The molecule has 0 saturated carbocycles. The quantitative estimate of drug-likeness (QED) is 0.456. The summed E-state index contributed by atoms with van der Waals surface area (Å²) in [5.74, 6) is -8.92. The molecule has 0 aromatic heterocycles. The summed E-state index contributed by atoms with van der Waals surface area (Å²) in [5, 5.41) is 2.43. The smallest absolute Gasteiger partial charge is 0.254 e. The van der Waals surface area contributed by atoms with E-state index in [2.05, 4.69) is 5.32 Å². The van der Waals surface area contributed by atoms with Gasteiger partial charge < -0.3 is 15.0 Å². The number of morpholine rings is 1. The summed E-state index contributed by atoms with van der Waals surface area (Å²) in [5.41, 5.74) is -0.193. The van der Waals surface area contributed by atoms with Crippen LogP contribution in [-0.4, -0.2) is 38.8 Å². The number of halogens is 5. The van der Waals surface area contributed by atoms with E-state index < -0.39 is 40.6 Å². The number of rotatable bonds is 5. The second-order valence-electron chi connectivity index (χ2n) is 6.43. The van der Waals surface area contributed by atoms with Gasteiger partial charge in [0.2, 0.25) is 0 Å². The Balaban J connectivity index is 1.80. The highest BCUT2D eigenvalue weighted by atomic mass is 19.2. The number of quaternary nitrogens is 1. The van der Waals surface area contributed by atoms with E-state index in [1.54, 1.807) is 12.1 Å². The van der Waals surface area contributed by atoms with Gasteiger partial charge in [-0.3, -0.25) is 4.79 Å². The fourth-order valence-corrected chi connectivity index (χ4v) is 3.20. The van der Waals surface area contributed by atoms with Gasteiger partial charge >= 0.3 is 0 Å². The first-order valence-electron chi connectivity index (χ1n) is 8.67. The van der Waals surface area contributed by atoms with Crippen LogP contribution >= 0.6 is 0 Å². The molecule has 1 atom stereocenters. The van der Waals surface area contributed by atoms with Crippen LogP contribution in [0, 0.1) is 29.1 Å². The van der Waals surface area contributed by atoms with Crippen LogP contribution < -0.4 is 10.2 Å². The van der Waals surface area contributed by atoms with Gasteiger partial charge in [0.05, 0.1) is 25.3 Å². The van der Waals surface area contributed by atoms with E-state index in [4.69, 9.17) is 4.74 Å². The van der Waals surface area contributed by atoms with Crippen molar-refractivity contribution in [2.75, 3.05) is 32.8 Å². The molecule has 1 fully saturated rings. The van der Waals surface area contributed by atoms with Crippen molar-refractivity contribution in [3.05, 3.63) is 70.5 Å². The summed E-state index contributed by atoms with van der Waals surface area (Å²) >= 11 is 0. The van der Waals surface area contributed by atoms with E-state index in [-0.39, 0.29) is 12.6 Å². The lowest BCUT2D eigenvalue weighted by molar-refractivity contribution is -0.937. The number of nitrogens with one attached hydrogen (secondary N) is 2. The van der Waals surface area contributed by atoms with Gasteiger partial charge in [-0.15, -0.1) is 0 Å². The fraction of sp³-hybridized carbons (Fsp3) is 0.316. The van der Waals surface area contributed by atoms with Crippen LogP contribution in [0.25, 0.3) is 0 Å². The van der Waals surface area contributed by atoms with Gasteiger partial charge in [0.25, 0.3) is 5.91 Å². The van der Waals surface area contributed by atoms with Crippen molar-refractivity contribution in [1.29, 1.82) is 0 Å². The monoisotopic (exact) mass is 401 g/mol. The van der Waals surface area contributed by atoms with E-state index in [9.17, 15) is 26.7 Å². The molecule has 0 unspecified atom stereocenters. The zero-order valence-corrected chi connectivity index (χ0v) is 14.7. The Bertz CT molecular complexity index is 854. The summed E-state index contributed by atoms with van der Waals surface area (Å²) < 4.78 is 72.2. The average molecular weight is 401 g/mol. The minimum absolute atomic E-state index is 0.000145. The lowest BCUT2D eigenvalue weighted by Crippen LogP contribution is -3.15. The van der Waals surface area contributed by atoms with Crippen LogP contribution in [0.5, 0.6) is 0 Å². The predicted octanol–water partition coefficient (Wildman–Crippen LogP) is 1.77. The first-order valence-corrected chi connectivity index (χ1v) is 8.67. The van der Waals surface area contributed by atoms with E-state index in [0.717, 1.165) is 10.5 Å². The van der Waals surface area contributed by atoms with Gasteiger partial charge in [0.15, 0.2) is 23.3 Å². The number of benzene rings is 2. The zero-order chi connectivity index (χ0) is 20.3. The molecule has 1 amide bonds. The summed E-state index contributed by atoms with van der Waals surface area (Å²) in [6.07, 6.45) is 0. The molecular weight excluding hydrogens is 383 g/mol. The third-order valence-corrected chi connectivity index (χ3v) is 4.71. The van der Waals surface area contributed by atoms with E-state index >= 15 is 0 Å². The summed E-state index contributed by atoms with van der Waals surface area (Å²) in [4.78, 5) is 13.3. The summed E-state index contributed by atoms with van der Waals surface area (Å²) in [6.45, 7) is 2.27. The topological polar surface area (TPSA) is 42.8 Å². The molecule has 28 heavy (non-hydrogen) atoms. The first-order chi connectivity index (χ1) is 13.4. The zero-order valence-electron chi connectivity index (χ0n) is 14.7. The second kappa shape index (κ2) is 8.66. The van der Waals surface area contributed by atoms with Crippen LogP contribution in [0.4, 0.5) is 22.0 Å².